The van der Waals surface area contributed by atoms with E-state index in [0.717, 1.165) is 16.6 Å². The van der Waals surface area contributed by atoms with Crippen LogP contribution in [0.1, 0.15) is 18.4 Å². The number of carboxylic acids is 1. The standard InChI is InChI=1S/C14H21NO3/c1-11(14(16)17)12-7-5-6-8-13(12)18-10-9-15(2,3)4/h5-8,11H,9-10H2,1-4H3/p+1. The lowest BCUT2D eigenvalue weighted by Gasteiger charge is -2.24. The highest BCUT2D eigenvalue weighted by Gasteiger charge is 2.18. The third kappa shape index (κ3) is 4.37. The number of hydrogen-bond donors (Lipinski definition) is 1. The van der Waals surface area contributed by atoms with Crippen LogP contribution in [0.5, 0.6) is 5.75 Å². The maximum absolute atomic E-state index is 11.0. The summed E-state index contributed by atoms with van der Waals surface area (Å²) in [5, 5.41) is 9.06. The number of nitrogens with zero attached hydrogens (tertiary/aromatic N) is 1. The van der Waals surface area contributed by atoms with Crippen molar-refractivity contribution in [1.82, 2.24) is 0 Å². The van der Waals surface area contributed by atoms with E-state index in [2.05, 4.69) is 21.1 Å². The van der Waals surface area contributed by atoms with Crippen LogP contribution >= 0.6 is 0 Å². The topological polar surface area (TPSA) is 46.5 Å². The molecule has 0 fully saturated rings. The fourth-order valence-corrected chi connectivity index (χ4v) is 1.53. The number of benzene rings is 1. The molecule has 0 aromatic heterocycles. The van der Waals surface area contributed by atoms with E-state index in [4.69, 9.17) is 9.84 Å². The Morgan fingerprint density at radius 3 is 2.50 bits per heavy atom. The van der Waals surface area contributed by atoms with E-state index in [1.54, 1.807) is 13.0 Å². The van der Waals surface area contributed by atoms with Gasteiger partial charge >= 0.3 is 5.97 Å². The maximum atomic E-state index is 11.0. The number of carbonyl (C=O) groups is 1. The zero-order chi connectivity index (χ0) is 13.8. The number of ether oxygens (including phenoxy) is 1. The number of carboxylic acid groups (broad SMARTS) is 1. The number of aliphatic carboxylic acids is 1. The fourth-order valence-electron chi connectivity index (χ4n) is 1.53. The van der Waals surface area contributed by atoms with Crippen LogP contribution in [-0.2, 0) is 4.79 Å². The van der Waals surface area contributed by atoms with Crippen LogP contribution in [0, 0.1) is 0 Å². The number of likely N-dealkylation sites (N-methyl/N-ethyl adjacent to an activating group) is 1. The number of quaternary nitrogens is 1. The first kappa shape index (κ1) is 14.5. The zero-order valence-corrected chi connectivity index (χ0v) is 11.5. The summed E-state index contributed by atoms with van der Waals surface area (Å²) in [7, 11) is 6.28. The van der Waals surface area contributed by atoms with E-state index in [1.165, 1.54) is 0 Å². The van der Waals surface area contributed by atoms with Crippen LogP contribution < -0.4 is 4.74 Å². The van der Waals surface area contributed by atoms with Crippen LogP contribution in [0.2, 0.25) is 0 Å². The molecule has 18 heavy (non-hydrogen) atoms. The SMILES string of the molecule is CC(C(=O)O)c1ccccc1OCC[N+](C)(C)C. The molecule has 1 N–H and O–H groups in total. The van der Waals surface area contributed by atoms with Crippen LogP contribution in [-0.4, -0.2) is 49.9 Å². The van der Waals surface area contributed by atoms with Crippen molar-refractivity contribution < 1.29 is 19.1 Å². The predicted molar refractivity (Wildman–Crippen MR) is 70.9 cm³/mol. The van der Waals surface area contributed by atoms with Gasteiger partial charge in [0, 0.05) is 5.56 Å². The minimum Gasteiger partial charge on any atom is -0.487 e. The first-order valence-electron chi connectivity index (χ1n) is 6.06. The largest absolute Gasteiger partial charge is 0.487 e. The Morgan fingerprint density at radius 2 is 1.94 bits per heavy atom. The van der Waals surface area contributed by atoms with Crippen molar-refractivity contribution in [3.63, 3.8) is 0 Å². The van der Waals surface area contributed by atoms with Gasteiger partial charge in [0.15, 0.2) is 0 Å². The molecule has 4 heteroatoms. The normalized spacial score (nSPS) is 13.1. The lowest BCUT2D eigenvalue weighted by atomic mass is 10.0. The summed E-state index contributed by atoms with van der Waals surface area (Å²) in [4.78, 5) is 11.0. The average molecular weight is 252 g/mol. The molecule has 0 heterocycles. The highest BCUT2D eigenvalue weighted by atomic mass is 16.5. The molecule has 1 rings (SSSR count). The third-order valence-corrected chi connectivity index (χ3v) is 2.78. The van der Waals surface area contributed by atoms with E-state index in [0.29, 0.717) is 12.4 Å². The number of rotatable bonds is 6. The minimum absolute atomic E-state index is 0.551. The lowest BCUT2D eigenvalue weighted by molar-refractivity contribution is -0.870. The number of hydrogen-bond acceptors (Lipinski definition) is 2. The summed E-state index contributed by atoms with van der Waals surface area (Å²) in [6.07, 6.45) is 0. The number of para-hydroxylation sites is 1. The Balaban J connectivity index is 2.74. The van der Waals surface area contributed by atoms with Gasteiger partial charge in [-0.2, -0.15) is 0 Å². The summed E-state index contributed by atoms with van der Waals surface area (Å²) in [6.45, 7) is 3.12. The Kier molecular flexibility index (Phi) is 4.73. The molecule has 0 aliphatic carbocycles. The monoisotopic (exact) mass is 252 g/mol. The molecule has 0 bridgehead atoms. The van der Waals surface area contributed by atoms with Crippen molar-refractivity contribution in [1.29, 1.82) is 0 Å². The van der Waals surface area contributed by atoms with Crippen LogP contribution in [0.3, 0.4) is 0 Å². The van der Waals surface area contributed by atoms with Crippen molar-refractivity contribution in [2.24, 2.45) is 0 Å². The highest BCUT2D eigenvalue weighted by molar-refractivity contribution is 5.76. The van der Waals surface area contributed by atoms with Gasteiger partial charge < -0.3 is 14.3 Å². The molecule has 0 amide bonds. The molecule has 0 spiro atoms. The van der Waals surface area contributed by atoms with E-state index < -0.39 is 11.9 Å². The molecule has 0 saturated carbocycles. The van der Waals surface area contributed by atoms with Crippen molar-refractivity contribution >= 4 is 5.97 Å². The van der Waals surface area contributed by atoms with E-state index in [1.807, 2.05) is 18.2 Å². The molecule has 100 valence electrons. The minimum atomic E-state index is -0.836. The van der Waals surface area contributed by atoms with E-state index >= 15 is 0 Å². The summed E-state index contributed by atoms with van der Waals surface area (Å²) in [5.74, 6) is -0.719. The highest BCUT2D eigenvalue weighted by Crippen LogP contribution is 2.26. The molecule has 1 atom stereocenters. The van der Waals surface area contributed by atoms with Gasteiger partial charge in [-0.1, -0.05) is 18.2 Å². The molecule has 0 saturated heterocycles. The molecular weight excluding hydrogens is 230 g/mol. The Labute approximate surface area is 108 Å². The molecular formula is C14H22NO3+. The van der Waals surface area contributed by atoms with Gasteiger partial charge in [-0.05, 0) is 13.0 Å². The third-order valence-electron chi connectivity index (χ3n) is 2.78. The van der Waals surface area contributed by atoms with Gasteiger partial charge in [0.1, 0.15) is 18.9 Å². The van der Waals surface area contributed by atoms with E-state index in [9.17, 15) is 4.79 Å². The zero-order valence-electron chi connectivity index (χ0n) is 11.5. The van der Waals surface area contributed by atoms with Crippen LogP contribution in [0.25, 0.3) is 0 Å². The lowest BCUT2D eigenvalue weighted by Crippen LogP contribution is -2.38. The second-order valence-corrected chi connectivity index (χ2v) is 5.46. The molecule has 0 aliphatic heterocycles. The fraction of sp³-hybridized carbons (Fsp3) is 0.500. The van der Waals surface area contributed by atoms with Gasteiger partial charge in [0.2, 0.25) is 0 Å². The Morgan fingerprint density at radius 1 is 1.33 bits per heavy atom. The van der Waals surface area contributed by atoms with Gasteiger partial charge in [-0.25, -0.2) is 0 Å². The summed E-state index contributed by atoms with van der Waals surface area (Å²) >= 11 is 0. The van der Waals surface area contributed by atoms with Crippen molar-refractivity contribution in [3.8, 4) is 5.75 Å². The summed E-state index contributed by atoms with van der Waals surface area (Å²) in [6, 6.07) is 7.32. The predicted octanol–water partition coefficient (Wildman–Crippen LogP) is 1.96. The smallest absolute Gasteiger partial charge is 0.310 e. The molecule has 1 aromatic rings. The maximum Gasteiger partial charge on any atom is 0.310 e. The van der Waals surface area contributed by atoms with Crippen molar-refractivity contribution in [2.75, 3.05) is 34.3 Å². The molecule has 1 aromatic carbocycles. The summed E-state index contributed by atoms with van der Waals surface area (Å²) in [5.41, 5.74) is 0.728. The first-order chi connectivity index (χ1) is 8.31. The van der Waals surface area contributed by atoms with Gasteiger partial charge in [0.05, 0.1) is 27.1 Å². The van der Waals surface area contributed by atoms with Crippen molar-refractivity contribution in [3.05, 3.63) is 29.8 Å². The molecule has 0 aliphatic rings. The van der Waals surface area contributed by atoms with Crippen molar-refractivity contribution in [2.45, 2.75) is 12.8 Å². The molecule has 0 radical (unpaired) electrons. The Hall–Kier alpha value is -1.55. The first-order valence-corrected chi connectivity index (χ1v) is 6.06. The van der Waals surface area contributed by atoms with Crippen LogP contribution in [0.4, 0.5) is 0 Å². The second kappa shape index (κ2) is 5.87. The van der Waals surface area contributed by atoms with Crippen LogP contribution in [0.15, 0.2) is 24.3 Å². The quantitative estimate of drug-likeness (QED) is 0.787. The van der Waals surface area contributed by atoms with Gasteiger partial charge in [0.25, 0.3) is 0 Å². The van der Waals surface area contributed by atoms with Gasteiger partial charge in [-0.15, -0.1) is 0 Å². The van der Waals surface area contributed by atoms with Gasteiger partial charge in [-0.3, -0.25) is 4.79 Å². The average Bonchev–Trinajstić information content (AvgIpc) is 2.27. The second-order valence-electron chi connectivity index (χ2n) is 5.46. The van der Waals surface area contributed by atoms with E-state index in [-0.39, 0.29) is 0 Å². The molecule has 1 unspecified atom stereocenters. The molecule has 4 nitrogen and oxygen atoms in total. The summed E-state index contributed by atoms with van der Waals surface area (Å²) < 4.78 is 6.52. The Bertz CT molecular complexity index is 410.